The summed E-state index contributed by atoms with van der Waals surface area (Å²) in [5.41, 5.74) is 0.592. The van der Waals surface area contributed by atoms with E-state index >= 15 is 0 Å². The van der Waals surface area contributed by atoms with Crippen molar-refractivity contribution in [3.63, 3.8) is 0 Å². The number of hydrogen-bond donors (Lipinski definition) is 0. The molecule has 3 heterocycles. The van der Waals surface area contributed by atoms with Crippen LogP contribution in [-0.2, 0) is 18.4 Å². The third kappa shape index (κ3) is 2.87. The summed E-state index contributed by atoms with van der Waals surface area (Å²) in [5.74, 6) is 1.20. The van der Waals surface area contributed by atoms with Crippen LogP contribution in [0.2, 0.25) is 0 Å². The molecule has 0 N–H and O–H groups in total. The standard InChI is InChI=1S/C14H19N5O3/c1-18-11(5-6-15-18)14(20)19-7-3-4-10(8-19)13-16-12(9-21-2)22-17-13/h5-6,10H,3-4,7-9H2,1-2H3. The van der Waals surface area contributed by atoms with Gasteiger partial charge in [-0.25, -0.2) is 0 Å². The summed E-state index contributed by atoms with van der Waals surface area (Å²) in [6, 6.07) is 1.73. The molecule has 0 saturated carbocycles. The number of carbonyl (C=O) groups is 1. The van der Waals surface area contributed by atoms with Gasteiger partial charge in [0.25, 0.3) is 11.8 Å². The van der Waals surface area contributed by atoms with Crippen molar-refractivity contribution in [2.24, 2.45) is 7.05 Å². The second-order valence-corrected chi connectivity index (χ2v) is 5.41. The minimum absolute atomic E-state index is 0.00897. The summed E-state index contributed by atoms with van der Waals surface area (Å²) in [4.78, 5) is 18.7. The Hall–Kier alpha value is -2.22. The van der Waals surface area contributed by atoms with Crippen LogP contribution >= 0.6 is 0 Å². The van der Waals surface area contributed by atoms with Crippen LogP contribution in [0.4, 0.5) is 0 Å². The monoisotopic (exact) mass is 305 g/mol. The highest BCUT2D eigenvalue weighted by Crippen LogP contribution is 2.26. The van der Waals surface area contributed by atoms with Crippen LogP contribution in [0.3, 0.4) is 0 Å². The van der Waals surface area contributed by atoms with Gasteiger partial charge in [0.1, 0.15) is 12.3 Å². The van der Waals surface area contributed by atoms with E-state index in [1.54, 1.807) is 31.1 Å². The zero-order valence-electron chi connectivity index (χ0n) is 12.7. The van der Waals surface area contributed by atoms with E-state index in [0.29, 0.717) is 30.6 Å². The van der Waals surface area contributed by atoms with Crippen LogP contribution in [0.5, 0.6) is 0 Å². The van der Waals surface area contributed by atoms with E-state index in [2.05, 4.69) is 15.2 Å². The fourth-order valence-electron chi connectivity index (χ4n) is 2.73. The van der Waals surface area contributed by atoms with E-state index in [0.717, 1.165) is 19.4 Å². The summed E-state index contributed by atoms with van der Waals surface area (Å²) >= 11 is 0. The molecule has 2 aromatic heterocycles. The molecule has 0 spiro atoms. The Kier molecular flexibility index (Phi) is 4.19. The number of piperidine rings is 1. The van der Waals surface area contributed by atoms with Gasteiger partial charge in [-0.15, -0.1) is 0 Å². The lowest BCUT2D eigenvalue weighted by molar-refractivity contribution is 0.0692. The van der Waals surface area contributed by atoms with Crippen molar-refractivity contribution in [3.05, 3.63) is 29.7 Å². The molecule has 1 unspecified atom stereocenters. The normalized spacial score (nSPS) is 18.6. The lowest BCUT2D eigenvalue weighted by Crippen LogP contribution is -2.40. The van der Waals surface area contributed by atoms with Crippen LogP contribution < -0.4 is 0 Å². The second-order valence-electron chi connectivity index (χ2n) is 5.41. The summed E-state index contributed by atoms with van der Waals surface area (Å²) in [7, 11) is 3.35. The van der Waals surface area contributed by atoms with Crippen molar-refractivity contribution < 1.29 is 14.1 Å². The number of rotatable bonds is 4. The molecule has 1 aliphatic heterocycles. The molecule has 0 aromatic carbocycles. The first-order valence-electron chi connectivity index (χ1n) is 7.27. The number of aryl methyl sites for hydroxylation is 1. The Morgan fingerprint density at radius 3 is 3.14 bits per heavy atom. The molecule has 1 atom stereocenters. The Bertz CT molecular complexity index is 650. The predicted octanol–water partition coefficient (Wildman–Crippen LogP) is 0.969. The highest BCUT2D eigenvalue weighted by molar-refractivity contribution is 5.92. The molecule has 0 radical (unpaired) electrons. The highest BCUT2D eigenvalue weighted by atomic mass is 16.5. The quantitative estimate of drug-likeness (QED) is 0.836. The van der Waals surface area contributed by atoms with E-state index in [4.69, 9.17) is 9.26 Å². The van der Waals surface area contributed by atoms with Gasteiger partial charge in [0.05, 0.1) is 0 Å². The topological polar surface area (TPSA) is 86.3 Å². The summed E-state index contributed by atoms with van der Waals surface area (Å²) < 4.78 is 11.7. The maximum Gasteiger partial charge on any atom is 0.272 e. The van der Waals surface area contributed by atoms with Gasteiger partial charge < -0.3 is 14.2 Å². The summed E-state index contributed by atoms with van der Waals surface area (Å²) in [6.07, 6.45) is 3.49. The van der Waals surface area contributed by atoms with Gasteiger partial charge >= 0.3 is 0 Å². The second kappa shape index (κ2) is 6.27. The predicted molar refractivity (Wildman–Crippen MR) is 76.1 cm³/mol. The van der Waals surface area contributed by atoms with Gasteiger partial charge in [0.2, 0.25) is 0 Å². The van der Waals surface area contributed by atoms with Gasteiger partial charge in [0.15, 0.2) is 5.82 Å². The number of amides is 1. The van der Waals surface area contributed by atoms with E-state index in [9.17, 15) is 4.79 Å². The molecule has 22 heavy (non-hydrogen) atoms. The molecule has 0 bridgehead atoms. The van der Waals surface area contributed by atoms with Crippen molar-refractivity contribution in [1.29, 1.82) is 0 Å². The summed E-state index contributed by atoms with van der Waals surface area (Å²) in [6.45, 7) is 1.64. The number of nitrogens with zero attached hydrogens (tertiary/aromatic N) is 5. The smallest absolute Gasteiger partial charge is 0.272 e. The Morgan fingerprint density at radius 2 is 2.41 bits per heavy atom. The molecular weight excluding hydrogens is 286 g/mol. The molecule has 1 aliphatic rings. The zero-order chi connectivity index (χ0) is 15.5. The number of aromatic nitrogens is 4. The van der Waals surface area contributed by atoms with Crippen LogP contribution in [0.25, 0.3) is 0 Å². The van der Waals surface area contributed by atoms with Crippen LogP contribution in [0, 0.1) is 0 Å². The van der Waals surface area contributed by atoms with Crippen molar-refractivity contribution in [3.8, 4) is 0 Å². The number of likely N-dealkylation sites (tertiary alicyclic amines) is 1. The molecule has 1 fully saturated rings. The van der Waals surface area contributed by atoms with Gasteiger partial charge in [0, 0.05) is 39.4 Å². The van der Waals surface area contributed by atoms with Crippen LogP contribution in [0.1, 0.15) is 41.0 Å². The lowest BCUT2D eigenvalue weighted by atomic mass is 9.97. The van der Waals surface area contributed by atoms with E-state index < -0.39 is 0 Å². The molecule has 118 valence electrons. The number of carbonyl (C=O) groups excluding carboxylic acids is 1. The molecule has 1 amide bonds. The zero-order valence-corrected chi connectivity index (χ0v) is 12.7. The first-order valence-corrected chi connectivity index (χ1v) is 7.27. The van der Waals surface area contributed by atoms with Gasteiger partial charge in [-0.3, -0.25) is 9.48 Å². The first-order chi connectivity index (χ1) is 10.7. The highest BCUT2D eigenvalue weighted by Gasteiger charge is 2.29. The van der Waals surface area contributed by atoms with Gasteiger partial charge in [-0.1, -0.05) is 5.16 Å². The Balaban J connectivity index is 1.71. The number of ether oxygens (including phenoxy) is 1. The molecule has 0 aliphatic carbocycles. The molecule has 8 heteroatoms. The van der Waals surface area contributed by atoms with E-state index in [1.807, 2.05) is 4.90 Å². The third-order valence-corrected chi connectivity index (χ3v) is 3.87. The fraction of sp³-hybridized carbons (Fsp3) is 0.571. The van der Waals surface area contributed by atoms with Crippen LogP contribution in [-0.4, -0.2) is 50.9 Å². The fourth-order valence-corrected chi connectivity index (χ4v) is 2.73. The third-order valence-electron chi connectivity index (χ3n) is 3.87. The van der Waals surface area contributed by atoms with E-state index in [-0.39, 0.29) is 11.8 Å². The SMILES string of the molecule is COCc1nc(C2CCCN(C(=O)c3ccnn3C)C2)no1. The van der Waals surface area contributed by atoms with E-state index in [1.165, 1.54) is 0 Å². The number of hydrogen-bond acceptors (Lipinski definition) is 6. The van der Waals surface area contributed by atoms with Crippen molar-refractivity contribution in [2.75, 3.05) is 20.2 Å². The Morgan fingerprint density at radius 1 is 1.55 bits per heavy atom. The molecule has 8 nitrogen and oxygen atoms in total. The van der Waals surface area contributed by atoms with Crippen molar-refractivity contribution in [1.82, 2.24) is 24.8 Å². The van der Waals surface area contributed by atoms with Gasteiger partial charge in [-0.05, 0) is 18.9 Å². The molecule has 2 aromatic rings. The van der Waals surface area contributed by atoms with Crippen molar-refractivity contribution in [2.45, 2.75) is 25.4 Å². The molecule has 3 rings (SSSR count). The van der Waals surface area contributed by atoms with Gasteiger partial charge in [-0.2, -0.15) is 10.1 Å². The summed E-state index contributed by atoms with van der Waals surface area (Å²) in [5, 5.41) is 8.06. The average molecular weight is 305 g/mol. The maximum absolute atomic E-state index is 12.5. The molecule has 1 saturated heterocycles. The van der Waals surface area contributed by atoms with Crippen LogP contribution in [0.15, 0.2) is 16.8 Å². The molecular formula is C14H19N5O3. The number of methoxy groups -OCH3 is 1. The largest absolute Gasteiger partial charge is 0.375 e. The maximum atomic E-state index is 12.5. The Labute approximate surface area is 128 Å². The lowest BCUT2D eigenvalue weighted by Gasteiger charge is -2.31. The minimum atomic E-state index is -0.00897. The first kappa shape index (κ1) is 14.7. The average Bonchev–Trinajstić information content (AvgIpc) is 3.16. The van der Waals surface area contributed by atoms with Crippen molar-refractivity contribution >= 4 is 5.91 Å². The minimum Gasteiger partial charge on any atom is -0.375 e.